The van der Waals surface area contributed by atoms with E-state index in [4.69, 9.17) is 4.43 Å². The van der Waals surface area contributed by atoms with Gasteiger partial charge in [0.25, 0.3) is 0 Å². The van der Waals surface area contributed by atoms with Gasteiger partial charge >= 0.3 is 5.56 Å². The molecule has 0 unspecified atom stereocenters. The Balaban J connectivity index is 3.28. The van der Waals surface area contributed by atoms with Crippen LogP contribution in [0.4, 0.5) is 0 Å². The van der Waals surface area contributed by atoms with Crippen molar-refractivity contribution >= 4 is 36.1 Å². The van der Waals surface area contributed by atoms with E-state index in [9.17, 15) is 0 Å². The second-order valence-corrected chi connectivity index (χ2v) is 15.3. The molecule has 0 aliphatic rings. The van der Waals surface area contributed by atoms with E-state index in [1.54, 1.807) is 0 Å². The van der Waals surface area contributed by atoms with Crippen molar-refractivity contribution in [1.82, 2.24) is 0 Å². The second-order valence-electron chi connectivity index (χ2n) is 2.19. The van der Waals surface area contributed by atoms with Crippen molar-refractivity contribution in [1.29, 1.82) is 0 Å². The fourth-order valence-corrected chi connectivity index (χ4v) is 2.09. The minimum atomic E-state index is -1.59. The van der Waals surface area contributed by atoms with E-state index in [-0.39, 0.29) is 0 Å². The normalized spacial score (nSPS) is 12.0. The summed E-state index contributed by atoms with van der Waals surface area (Å²) in [6.07, 6.45) is 2.36. The molecule has 0 spiro atoms. The lowest BCUT2D eigenvalue weighted by Crippen LogP contribution is -2.21. The zero-order valence-corrected chi connectivity index (χ0v) is 10.7. The van der Waals surface area contributed by atoms with Crippen molar-refractivity contribution in [3.63, 3.8) is 0 Å². The van der Waals surface area contributed by atoms with Crippen molar-refractivity contribution in [2.75, 3.05) is 6.61 Å². The third-order valence-electron chi connectivity index (χ3n) is 1.22. The molecule has 0 amide bonds. The van der Waals surface area contributed by atoms with Crippen LogP contribution in [-0.4, -0.2) is 12.2 Å². The third kappa shape index (κ3) is 5.89. The van der Waals surface area contributed by atoms with Gasteiger partial charge in [-0.1, -0.05) is 50.9 Å². The summed E-state index contributed by atoms with van der Waals surface area (Å²) in [7, 11) is 0. The van der Waals surface area contributed by atoms with Crippen molar-refractivity contribution in [3.05, 3.63) is 0 Å². The summed E-state index contributed by atoms with van der Waals surface area (Å²) in [6.45, 7) is 5.18. The van der Waals surface area contributed by atoms with E-state index in [0.29, 0.717) is 0 Å². The van der Waals surface area contributed by atoms with Gasteiger partial charge in [0.1, 0.15) is 0 Å². The highest BCUT2D eigenvalue weighted by Gasteiger charge is 2.24. The van der Waals surface area contributed by atoms with E-state index in [0.717, 1.165) is 19.1 Å². The van der Waals surface area contributed by atoms with Crippen molar-refractivity contribution in [2.24, 2.45) is 0 Å². The molecule has 4 heteroatoms. The number of hydrogen-bond donors (Lipinski definition) is 0. The molecule has 0 aromatic heterocycles. The Morgan fingerprint density at radius 3 is 2.30 bits per heavy atom. The fourth-order valence-electron chi connectivity index (χ4n) is 0.468. The average molecular weight is 290 g/mol. The van der Waals surface area contributed by atoms with E-state index in [1.807, 2.05) is 0 Å². The zero-order chi connectivity index (χ0) is 8.04. The summed E-state index contributed by atoms with van der Waals surface area (Å²) >= 11 is 7.09. The lowest BCUT2D eigenvalue weighted by atomic mass is 10.4. The summed E-state index contributed by atoms with van der Waals surface area (Å²) in [5.41, 5.74) is -1.59. The Labute approximate surface area is 79.8 Å². The number of hydrogen-bond acceptors (Lipinski definition) is 1. The molecule has 0 aromatic rings. The Bertz CT molecular complexity index is 87.8. The quantitative estimate of drug-likeness (QED) is 0.427. The number of rotatable bonds is 5. The predicted molar refractivity (Wildman–Crippen MR) is 54.9 cm³/mol. The van der Waals surface area contributed by atoms with Gasteiger partial charge in [0.05, 0.1) is 0 Å². The minimum absolute atomic E-state index is 0.882. The van der Waals surface area contributed by atoms with E-state index in [2.05, 4.69) is 44.4 Å². The summed E-state index contributed by atoms with van der Waals surface area (Å²) in [5, 5.41) is 0. The van der Waals surface area contributed by atoms with Gasteiger partial charge in [0.15, 0.2) is 0 Å². The van der Waals surface area contributed by atoms with Crippen molar-refractivity contribution < 1.29 is 4.43 Å². The Morgan fingerprint density at radius 2 is 1.90 bits per heavy atom. The maximum absolute atomic E-state index is 5.59. The highest BCUT2D eigenvalue weighted by Crippen LogP contribution is 2.26. The number of halogens is 2. The van der Waals surface area contributed by atoms with Crippen LogP contribution in [0.1, 0.15) is 26.7 Å². The molecule has 0 aliphatic heterocycles. The van der Waals surface area contributed by atoms with Gasteiger partial charge in [0.2, 0.25) is 0 Å². The molecule has 0 radical (unpaired) electrons. The van der Waals surface area contributed by atoms with Crippen LogP contribution >= 0.6 is 30.6 Å². The largest absolute Gasteiger partial charge is 0.399 e. The van der Waals surface area contributed by atoms with E-state index in [1.165, 1.54) is 6.42 Å². The molecule has 0 saturated carbocycles. The lowest BCUT2D eigenvalue weighted by Gasteiger charge is -2.15. The average Bonchev–Trinajstić information content (AvgIpc) is 1.89. The number of unbranched alkanes of at least 4 members (excludes halogenated alkanes) is 1. The fraction of sp³-hybridized carbons (Fsp3) is 1.00. The molecule has 0 atom stereocenters. The maximum Gasteiger partial charge on any atom is 0.335 e. The summed E-state index contributed by atoms with van der Waals surface area (Å²) in [6, 6.07) is 1.07. The molecule has 1 nitrogen and oxygen atoms in total. The van der Waals surface area contributed by atoms with Gasteiger partial charge in [-0.25, -0.2) is 0 Å². The molecule has 0 rings (SSSR count). The molecule has 0 N–H and O–H groups in total. The monoisotopic (exact) mass is 288 g/mol. The first-order chi connectivity index (χ1) is 4.62. The molecule has 10 heavy (non-hydrogen) atoms. The topological polar surface area (TPSA) is 9.23 Å². The molecule has 0 fully saturated rings. The first-order valence-corrected chi connectivity index (χ1v) is 10.3. The third-order valence-corrected chi connectivity index (χ3v) is 7.41. The molecule has 0 saturated heterocycles. The summed E-state index contributed by atoms with van der Waals surface area (Å²) in [5.74, 6) is 0. The van der Waals surface area contributed by atoms with Gasteiger partial charge in [0, 0.05) is 6.61 Å². The van der Waals surface area contributed by atoms with Crippen LogP contribution in [0.2, 0.25) is 6.04 Å². The maximum atomic E-state index is 5.59. The molecular weight excluding hydrogens is 276 g/mol. The van der Waals surface area contributed by atoms with Crippen LogP contribution in [-0.2, 0) is 4.43 Å². The highest BCUT2D eigenvalue weighted by atomic mass is 79.9. The van der Waals surface area contributed by atoms with Gasteiger partial charge in [-0.2, -0.15) is 0 Å². The van der Waals surface area contributed by atoms with Crippen molar-refractivity contribution in [3.8, 4) is 0 Å². The first-order valence-electron chi connectivity index (χ1n) is 3.64. The SMILES string of the molecule is CCCCO[Si](Br)(Br)CC. The Hall–Kier alpha value is 1.14. The van der Waals surface area contributed by atoms with Gasteiger partial charge in [-0.15, -0.1) is 0 Å². The Morgan fingerprint density at radius 1 is 1.30 bits per heavy atom. The zero-order valence-electron chi connectivity index (χ0n) is 6.49. The summed E-state index contributed by atoms with van der Waals surface area (Å²) in [4.78, 5) is 0. The minimum Gasteiger partial charge on any atom is -0.399 e. The van der Waals surface area contributed by atoms with E-state index >= 15 is 0 Å². The Kier molecular flexibility index (Phi) is 6.40. The van der Waals surface area contributed by atoms with Crippen LogP contribution in [0.3, 0.4) is 0 Å². The van der Waals surface area contributed by atoms with Gasteiger partial charge in [-0.3, -0.25) is 0 Å². The van der Waals surface area contributed by atoms with Crippen LogP contribution in [0, 0.1) is 0 Å². The van der Waals surface area contributed by atoms with E-state index < -0.39 is 5.56 Å². The summed E-state index contributed by atoms with van der Waals surface area (Å²) < 4.78 is 5.59. The smallest absolute Gasteiger partial charge is 0.335 e. The van der Waals surface area contributed by atoms with Crippen LogP contribution in [0.15, 0.2) is 0 Å². The highest BCUT2D eigenvalue weighted by molar-refractivity contribution is 9.50. The molecule has 0 heterocycles. The van der Waals surface area contributed by atoms with Gasteiger partial charge in [-0.05, 0) is 12.5 Å². The van der Waals surface area contributed by atoms with Crippen LogP contribution in [0.25, 0.3) is 0 Å². The van der Waals surface area contributed by atoms with Crippen molar-refractivity contribution in [2.45, 2.75) is 32.7 Å². The molecule has 0 aromatic carbocycles. The van der Waals surface area contributed by atoms with Crippen LogP contribution < -0.4 is 0 Å². The molecule has 62 valence electrons. The first kappa shape index (κ1) is 11.1. The van der Waals surface area contributed by atoms with Gasteiger partial charge < -0.3 is 4.43 Å². The molecule has 0 aliphatic carbocycles. The second kappa shape index (κ2) is 5.74. The predicted octanol–water partition coefficient (Wildman–Crippen LogP) is 3.55. The molecule has 0 bridgehead atoms. The van der Waals surface area contributed by atoms with Crippen LogP contribution in [0.5, 0.6) is 0 Å². The molecular formula is C6H14Br2OSi. The lowest BCUT2D eigenvalue weighted by molar-refractivity contribution is 0.320. The standard InChI is InChI=1S/C6H14Br2OSi/c1-3-5-6-9-10(7,8)4-2/h3-6H2,1-2H3.